The maximum Gasteiger partial charge on any atom is 0.226 e. The third-order valence-electron chi connectivity index (χ3n) is 3.61. The predicted octanol–water partition coefficient (Wildman–Crippen LogP) is 5.17. The highest BCUT2D eigenvalue weighted by Gasteiger charge is 2.09. The number of hydrogen-bond donors (Lipinski definition) is 1. The summed E-state index contributed by atoms with van der Waals surface area (Å²) >= 11 is 4.97. The Bertz CT molecular complexity index is 703. The molecule has 0 atom stereocenters. The number of carbonyl (C=O) groups excluding carboxylic acids is 1. The minimum Gasteiger partial charge on any atom is -0.492 e. The van der Waals surface area contributed by atoms with Gasteiger partial charge in [0.05, 0.1) is 11.1 Å². The van der Waals surface area contributed by atoms with Crippen LogP contribution in [0.4, 0.5) is 5.13 Å². The summed E-state index contributed by atoms with van der Waals surface area (Å²) in [7, 11) is 0. The van der Waals surface area contributed by atoms with Crippen LogP contribution in [-0.2, 0) is 11.2 Å². The van der Waals surface area contributed by atoms with Gasteiger partial charge in [-0.05, 0) is 52.4 Å². The third kappa shape index (κ3) is 6.40. The average Bonchev–Trinajstić information content (AvgIpc) is 3.00. The van der Waals surface area contributed by atoms with E-state index in [-0.39, 0.29) is 5.91 Å². The quantitative estimate of drug-likeness (QED) is 0.562. The molecule has 0 aliphatic heterocycles. The van der Waals surface area contributed by atoms with E-state index >= 15 is 0 Å². The van der Waals surface area contributed by atoms with Crippen molar-refractivity contribution in [2.45, 2.75) is 52.4 Å². The summed E-state index contributed by atoms with van der Waals surface area (Å²) < 4.78 is 6.70. The van der Waals surface area contributed by atoms with Gasteiger partial charge in [0.2, 0.25) is 11.0 Å². The lowest BCUT2D eigenvalue weighted by Gasteiger charge is -2.11. The summed E-state index contributed by atoms with van der Waals surface area (Å²) in [4.78, 5) is 11.9. The van der Waals surface area contributed by atoms with Gasteiger partial charge >= 0.3 is 0 Å². The minimum absolute atomic E-state index is 0.0583. The Hall–Kier alpha value is -1.47. The molecule has 7 heteroatoms. The monoisotopic (exact) mass is 425 g/mol. The number of ether oxygens (including phenoxy) is 1. The molecule has 0 unspecified atom stereocenters. The van der Waals surface area contributed by atoms with E-state index in [1.54, 1.807) is 0 Å². The topological polar surface area (TPSA) is 64.1 Å². The lowest BCUT2D eigenvalue weighted by atomic mass is 10.0. The Morgan fingerprint density at radius 2 is 2.16 bits per heavy atom. The van der Waals surface area contributed by atoms with E-state index in [1.807, 2.05) is 6.07 Å². The zero-order valence-electron chi connectivity index (χ0n) is 14.8. The number of amides is 1. The number of halogens is 1. The molecule has 0 fully saturated rings. The fraction of sp³-hybridized carbons (Fsp3) is 0.500. The lowest BCUT2D eigenvalue weighted by molar-refractivity contribution is -0.116. The van der Waals surface area contributed by atoms with E-state index in [2.05, 4.69) is 64.3 Å². The van der Waals surface area contributed by atoms with Crippen LogP contribution in [0.5, 0.6) is 5.75 Å². The van der Waals surface area contributed by atoms with Crippen molar-refractivity contribution >= 4 is 38.3 Å². The first-order valence-electron chi connectivity index (χ1n) is 8.54. The summed E-state index contributed by atoms with van der Waals surface area (Å²) in [6.45, 7) is 6.90. The van der Waals surface area contributed by atoms with Crippen molar-refractivity contribution in [3.05, 3.63) is 33.2 Å². The Balaban J connectivity index is 1.72. The third-order valence-corrected chi connectivity index (χ3v) is 5.12. The summed E-state index contributed by atoms with van der Waals surface area (Å²) in [5, 5.41) is 12.3. The number of nitrogens with one attached hydrogen (secondary N) is 1. The minimum atomic E-state index is -0.0583. The number of aryl methyl sites for hydroxylation is 1. The van der Waals surface area contributed by atoms with Gasteiger partial charge in [0, 0.05) is 12.8 Å². The molecule has 0 saturated carbocycles. The van der Waals surface area contributed by atoms with E-state index < -0.39 is 0 Å². The van der Waals surface area contributed by atoms with Crippen LogP contribution in [0, 0.1) is 0 Å². The van der Waals surface area contributed by atoms with Crippen LogP contribution in [0.2, 0.25) is 0 Å². The highest BCUT2D eigenvalue weighted by molar-refractivity contribution is 9.10. The van der Waals surface area contributed by atoms with Crippen LogP contribution in [0.3, 0.4) is 0 Å². The molecule has 0 saturated heterocycles. The molecule has 2 aromatic rings. The Morgan fingerprint density at radius 3 is 2.84 bits per heavy atom. The van der Waals surface area contributed by atoms with Gasteiger partial charge in [0.15, 0.2) is 0 Å². The molecule has 2 rings (SSSR count). The molecule has 1 amide bonds. The highest BCUT2D eigenvalue weighted by atomic mass is 79.9. The molecule has 1 heterocycles. The molecule has 0 radical (unpaired) electrons. The fourth-order valence-electron chi connectivity index (χ4n) is 2.21. The van der Waals surface area contributed by atoms with E-state index in [9.17, 15) is 4.79 Å². The van der Waals surface area contributed by atoms with Crippen LogP contribution in [0.1, 0.15) is 56.5 Å². The first kappa shape index (κ1) is 19.8. The molecule has 0 spiro atoms. The smallest absolute Gasteiger partial charge is 0.226 e. The van der Waals surface area contributed by atoms with Crippen LogP contribution >= 0.6 is 27.3 Å². The maximum atomic E-state index is 11.9. The van der Waals surface area contributed by atoms with Gasteiger partial charge in [-0.25, -0.2) is 0 Å². The van der Waals surface area contributed by atoms with Crippen LogP contribution < -0.4 is 10.1 Å². The Morgan fingerprint density at radius 1 is 1.36 bits per heavy atom. The maximum absolute atomic E-state index is 11.9. The van der Waals surface area contributed by atoms with Crippen molar-refractivity contribution in [3.8, 4) is 5.75 Å². The first-order valence-corrected chi connectivity index (χ1v) is 10.1. The van der Waals surface area contributed by atoms with Crippen molar-refractivity contribution in [2.75, 3.05) is 11.9 Å². The van der Waals surface area contributed by atoms with Gasteiger partial charge in [-0.15, -0.1) is 10.2 Å². The van der Waals surface area contributed by atoms with E-state index in [4.69, 9.17) is 4.74 Å². The van der Waals surface area contributed by atoms with Crippen LogP contribution in [0.15, 0.2) is 22.7 Å². The second kappa shape index (κ2) is 9.87. The number of aromatic nitrogens is 2. The van der Waals surface area contributed by atoms with Gasteiger partial charge in [-0.3, -0.25) is 4.79 Å². The Kier molecular flexibility index (Phi) is 7.84. The second-order valence-corrected chi connectivity index (χ2v) is 8.01. The molecule has 1 N–H and O–H groups in total. The molecule has 5 nitrogen and oxygen atoms in total. The zero-order chi connectivity index (χ0) is 18.2. The van der Waals surface area contributed by atoms with Crippen molar-refractivity contribution in [1.29, 1.82) is 0 Å². The summed E-state index contributed by atoms with van der Waals surface area (Å²) in [6.07, 6.45) is 2.95. The number of rotatable bonds is 9. The van der Waals surface area contributed by atoms with Gasteiger partial charge < -0.3 is 10.1 Å². The van der Waals surface area contributed by atoms with Gasteiger partial charge in [0.1, 0.15) is 10.8 Å². The number of hydrogen-bond acceptors (Lipinski definition) is 5. The largest absolute Gasteiger partial charge is 0.492 e. The van der Waals surface area contributed by atoms with Gasteiger partial charge in [-0.2, -0.15) is 0 Å². The average molecular weight is 426 g/mol. The molecule has 1 aromatic heterocycles. The molecule has 0 aliphatic rings. The molecule has 0 bridgehead atoms. The summed E-state index contributed by atoms with van der Waals surface area (Å²) in [5.41, 5.74) is 1.26. The van der Waals surface area contributed by atoms with Crippen molar-refractivity contribution in [1.82, 2.24) is 10.2 Å². The number of carbonyl (C=O) groups is 1. The predicted molar refractivity (Wildman–Crippen MR) is 105 cm³/mol. The number of nitrogens with zero attached hydrogens (tertiary/aromatic N) is 2. The van der Waals surface area contributed by atoms with E-state index in [0.29, 0.717) is 30.5 Å². The van der Waals surface area contributed by atoms with Gasteiger partial charge in [0.25, 0.3) is 0 Å². The lowest BCUT2D eigenvalue weighted by Crippen LogP contribution is -2.12. The fourth-order valence-corrected chi connectivity index (χ4v) is 3.58. The molecule has 0 aliphatic carbocycles. The normalized spacial score (nSPS) is 10.9. The number of benzene rings is 1. The summed E-state index contributed by atoms with van der Waals surface area (Å²) in [5.74, 6) is 1.22. The highest BCUT2D eigenvalue weighted by Crippen LogP contribution is 2.29. The molecular formula is C18H24BrN3O2S. The molecule has 25 heavy (non-hydrogen) atoms. The van der Waals surface area contributed by atoms with Gasteiger partial charge in [-0.1, -0.05) is 38.2 Å². The van der Waals surface area contributed by atoms with Crippen molar-refractivity contribution in [3.63, 3.8) is 0 Å². The standard InChI is InChI=1S/C18H24BrN3O2S/c1-4-6-17-21-22-18(25-17)20-16(23)7-5-10-24-15-9-8-13(12(2)3)11-14(15)19/h8-9,11-12H,4-7,10H2,1-3H3,(H,20,22,23). The van der Waals surface area contributed by atoms with Crippen molar-refractivity contribution in [2.24, 2.45) is 0 Å². The SMILES string of the molecule is CCCc1nnc(NC(=O)CCCOc2ccc(C(C)C)cc2Br)s1. The van der Waals surface area contributed by atoms with Crippen molar-refractivity contribution < 1.29 is 9.53 Å². The molecule has 1 aromatic carbocycles. The van der Waals surface area contributed by atoms with E-state index in [1.165, 1.54) is 16.9 Å². The zero-order valence-corrected chi connectivity index (χ0v) is 17.2. The second-order valence-electron chi connectivity index (χ2n) is 6.10. The Labute approximate surface area is 161 Å². The molecular weight excluding hydrogens is 402 g/mol. The first-order chi connectivity index (χ1) is 12.0. The number of anilines is 1. The molecule has 136 valence electrons. The summed E-state index contributed by atoms with van der Waals surface area (Å²) in [6, 6.07) is 6.12. The van der Waals surface area contributed by atoms with Crippen LogP contribution in [-0.4, -0.2) is 22.7 Å². The van der Waals surface area contributed by atoms with Crippen LogP contribution in [0.25, 0.3) is 0 Å². The van der Waals surface area contributed by atoms with E-state index in [0.717, 1.165) is 28.1 Å².